The third kappa shape index (κ3) is 3.34. The summed E-state index contributed by atoms with van der Waals surface area (Å²) in [6.45, 7) is 5.62. The van der Waals surface area contributed by atoms with Crippen LogP contribution in [0.2, 0.25) is 0 Å². The number of carbonyl (C=O) groups is 1. The van der Waals surface area contributed by atoms with Crippen LogP contribution in [0.4, 0.5) is 5.82 Å². The van der Waals surface area contributed by atoms with Crippen molar-refractivity contribution >= 4 is 23.1 Å². The zero-order valence-electron chi connectivity index (χ0n) is 12.5. The first-order valence-corrected chi connectivity index (χ1v) is 8.00. The maximum atomic E-state index is 12.3. The van der Waals surface area contributed by atoms with Crippen molar-refractivity contribution in [2.45, 2.75) is 26.0 Å². The number of carbonyl (C=O) groups excluding carboxylic acids is 1. The van der Waals surface area contributed by atoms with Gasteiger partial charge in [-0.2, -0.15) is 0 Å². The van der Waals surface area contributed by atoms with Crippen LogP contribution < -0.4 is 5.32 Å². The molecule has 0 aliphatic carbocycles. The molecule has 0 unspecified atom stereocenters. The van der Waals surface area contributed by atoms with E-state index in [1.54, 1.807) is 30.5 Å². The largest absolute Gasteiger partial charge is 0.368 e. The van der Waals surface area contributed by atoms with Gasteiger partial charge in [0.1, 0.15) is 16.9 Å². The van der Waals surface area contributed by atoms with Crippen molar-refractivity contribution in [3.05, 3.63) is 28.4 Å². The molecule has 0 radical (unpaired) electrons. The van der Waals surface area contributed by atoms with Crippen LogP contribution in [-0.2, 0) is 9.53 Å². The smallest absolute Gasteiger partial charge is 0.242 e. The number of aromatic nitrogens is 2. The molecule has 1 N–H and O–H groups in total. The van der Waals surface area contributed by atoms with Gasteiger partial charge in [-0.05, 0) is 13.8 Å². The van der Waals surface area contributed by atoms with E-state index in [0.29, 0.717) is 31.3 Å². The molecule has 1 fully saturated rings. The third-order valence-electron chi connectivity index (χ3n) is 3.63. The second-order valence-electron chi connectivity index (χ2n) is 5.21. The van der Waals surface area contributed by atoms with Crippen LogP contribution in [0.5, 0.6) is 0 Å². The van der Waals surface area contributed by atoms with Crippen LogP contribution in [0, 0.1) is 6.92 Å². The highest BCUT2D eigenvalue weighted by molar-refractivity contribution is 7.09. The Hall–Kier alpha value is -1.77. The lowest BCUT2D eigenvalue weighted by molar-refractivity contribution is -0.124. The predicted molar refractivity (Wildman–Crippen MR) is 81.7 cm³/mol. The number of hydrogen-bond acceptors (Lipinski definition) is 7. The molecule has 1 saturated heterocycles. The highest BCUT2D eigenvalue weighted by Crippen LogP contribution is 2.25. The summed E-state index contributed by atoms with van der Waals surface area (Å²) in [5.41, 5.74) is 0. The summed E-state index contributed by atoms with van der Waals surface area (Å²) in [5.74, 6) is 1.00. The van der Waals surface area contributed by atoms with E-state index >= 15 is 0 Å². The van der Waals surface area contributed by atoms with E-state index in [1.165, 1.54) is 0 Å². The molecule has 2 aromatic rings. The SMILES string of the molecule is Cc1cc(NC(=O)[C@H](C)N2CCO[C@H](c3nccs3)C2)no1. The number of rotatable bonds is 4. The van der Waals surface area contributed by atoms with Crippen molar-refractivity contribution in [1.82, 2.24) is 15.0 Å². The van der Waals surface area contributed by atoms with Gasteiger partial charge in [-0.15, -0.1) is 11.3 Å². The van der Waals surface area contributed by atoms with Gasteiger partial charge >= 0.3 is 0 Å². The number of amides is 1. The number of hydrogen-bond donors (Lipinski definition) is 1. The minimum Gasteiger partial charge on any atom is -0.368 e. The Morgan fingerprint density at radius 2 is 2.45 bits per heavy atom. The van der Waals surface area contributed by atoms with Crippen LogP contribution in [-0.4, -0.2) is 46.7 Å². The quantitative estimate of drug-likeness (QED) is 0.925. The molecule has 0 saturated carbocycles. The Morgan fingerprint density at radius 3 is 3.14 bits per heavy atom. The molecule has 1 amide bonds. The molecule has 2 atom stereocenters. The molecule has 0 spiro atoms. The van der Waals surface area contributed by atoms with Gasteiger partial charge in [0.2, 0.25) is 5.91 Å². The van der Waals surface area contributed by atoms with Gasteiger partial charge in [-0.3, -0.25) is 9.69 Å². The zero-order valence-corrected chi connectivity index (χ0v) is 13.3. The van der Waals surface area contributed by atoms with E-state index in [2.05, 4.69) is 20.4 Å². The number of nitrogens with one attached hydrogen (secondary N) is 1. The molecule has 7 nitrogen and oxygen atoms in total. The first-order valence-electron chi connectivity index (χ1n) is 7.12. The number of thiazole rings is 1. The van der Waals surface area contributed by atoms with Crippen molar-refractivity contribution < 1.29 is 14.1 Å². The van der Waals surface area contributed by atoms with Gasteiger partial charge in [0.05, 0.1) is 12.6 Å². The molecule has 0 bridgehead atoms. The van der Waals surface area contributed by atoms with Crippen molar-refractivity contribution in [2.75, 3.05) is 25.0 Å². The fourth-order valence-corrected chi connectivity index (χ4v) is 3.06. The third-order valence-corrected chi connectivity index (χ3v) is 4.50. The second kappa shape index (κ2) is 6.55. The summed E-state index contributed by atoms with van der Waals surface area (Å²) in [5, 5.41) is 9.43. The van der Waals surface area contributed by atoms with Crippen LogP contribution in [0.25, 0.3) is 0 Å². The molecule has 1 aliphatic rings. The highest BCUT2D eigenvalue weighted by atomic mass is 32.1. The normalized spacial score (nSPS) is 20.7. The minimum absolute atomic E-state index is 0.0710. The highest BCUT2D eigenvalue weighted by Gasteiger charge is 2.30. The standard InChI is InChI=1S/C14H18N4O3S/c1-9-7-12(17-21-9)16-13(19)10(2)18-4-5-20-11(8-18)14-15-3-6-22-14/h3,6-7,10-11H,4-5,8H2,1-2H3,(H,16,17,19)/t10-,11-/m0/s1. The topological polar surface area (TPSA) is 80.5 Å². The average Bonchev–Trinajstić information content (AvgIpc) is 3.18. The maximum absolute atomic E-state index is 12.3. The molecular weight excluding hydrogens is 304 g/mol. The van der Waals surface area contributed by atoms with Crippen molar-refractivity contribution in [2.24, 2.45) is 0 Å². The van der Waals surface area contributed by atoms with E-state index < -0.39 is 0 Å². The molecule has 118 valence electrons. The van der Waals surface area contributed by atoms with Gasteiger partial charge in [0, 0.05) is 30.7 Å². The molecular formula is C14H18N4O3S. The lowest BCUT2D eigenvalue weighted by Gasteiger charge is -2.35. The fourth-order valence-electron chi connectivity index (χ4n) is 2.39. The Kier molecular flexibility index (Phi) is 4.51. The van der Waals surface area contributed by atoms with Crippen LogP contribution in [0.15, 0.2) is 22.2 Å². The van der Waals surface area contributed by atoms with E-state index in [0.717, 1.165) is 5.01 Å². The van der Waals surface area contributed by atoms with Gasteiger partial charge in [-0.25, -0.2) is 4.98 Å². The van der Waals surface area contributed by atoms with Gasteiger partial charge in [-0.1, -0.05) is 5.16 Å². The molecule has 8 heteroatoms. The lowest BCUT2D eigenvalue weighted by Crippen LogP contribution is -2.48. The van der Waals surface area contributed by atoms with Crippen molar-refractivity contribution in [3.8, 4) is 0 Å². The average molecular weight is 322 g/mol. The Bertz CT molecular complexity index is 628. The summed E-state index contributed by atoms with van der Waals surface area (Å²) in [6, 6.07) is 1.42. The molecule has 1 aliphatic heterocycles. The lowest BCUT2D eigenvalue weighted by atomic mass is 10.2. The van der Waals surface area contributed by atoms with Crippen LogP contribution >= 0.6 is 11.3 Å². The molecule has 2 aromatic heterocycles. The Labute approximate surface area is 132 Å². The summed E-state index contributed by atoms with van der Waals surface area (Å²) in [6.07, 6.45) is 1.70. The number of aryl methyl sites for hydroxylation is 1. The minimum atomic E-state index is -0.275. The summed E-state index contributed by atoms with van der Waals surface area (Å²) >= 11 is 1.57. The molecule has 22 heavy (non-hydrogen) atoms. The van der Waals surface area contributed by atoms with Gasteiger partial charge in [0.15, 0.2) is 5.82 Å². The first kappa shape index (κ1) is 15.1. The van der Waals surface area contributed by atoms with Crippen LogP contribution in [0.3, 0.4) is 0 Å². The number of anilines is 1. The van der Waals surface area contributed by atoms with Crippen molar-refractivity contribution in [1.29, 1.82) is 0 Å². The summed E-state index contributed by atoms with van der Waals surface area (Å²) < 4.78 is 10.7. The predicted octanol–water partition coefficient (Wildman–Crippen LogP) is 1.84. The van der Waals surface area contributed by atoms with E-state index in [1.807, 2.05) is 12.3 Å². The van der Waals surface area contributed by atoms with E-state index in [-0.39, 0.29) is 18.1 Å². The molecule has 0 aromatic carbocycles. The fraction of sp³-hybridized carbons (Fsp3) is 0.500. The van der Waals surface area contributed by atoms with E-state index in [9.17, 15) is 4.79 Å². The van der Waals surface area contributed by atoms with Gasteiger partial charge < -0.3 is 14.6 Å². The Balaban J connectivity index is 1.61. The first-order chi connectivity index (χ1) is 10.6. The molecule has 3 heterocycles. The maximum Gasteiger partial charge on any atom is 0.242 e. The number of ether oxygens (including phenoxy) is 1. The monoisotopic (exact) mass is 322 g/mol. The van der Waals surface area contributed by atoms with E-state index in [4.69, 9.17) is 9.26 Å². The molecule has 3 rings (SSSR count). The number of nitrogens with zero attached hydrogens (tertiary/aromatic N) is 3. The Morgan fingerprint density at radius 1 is 1.59 bits per heavy atom. The zero-order chi connectivity index (χ0) is 15.5. The second-order valence-corrected chi connectivity index (χ2v) is 6.14. The van der Waals surface area contributed by atoms with Crippen molar-refractivity contribution in [3.63, 3.8) is 0 Å². The van der Waals surface area contributed by atoms with Crippen LogP contribution in [0.1, 0.15) is 23.8 Å². The number of morpholine rings is 1. The summed E-state index contributed by atoms with van der Waals surface area (Å²) in [4.78, 5) is 18.7. The summed E-state index contributed by atoms with van der Waals surface area (Å²) in [7, 11) is 0. The van der Waals surface area contributed by atoms with Gasteiger partial charge in [0.25, 0.3) is 0 Å².